The van der Waals surface area contributed by atoms with Gasteiger partial charge >= 0.3 is 0 Å². The second-order valence-corrected chi connectivity index (χ2v) is 5.70. The molecule has 0 radical (unpaired) electrons. The van der Waals surface area contributed by atoms with Crippen LogP contribution < -0.4 is 5.32 Å². The second kappa shape index (κ2) is 6.89. The van der Waals surface area contributed by atoms with Crippen LogP contribution in [-0.2, 0) is 13.1 Å². The van der Waals surface area contributed by atoms with Gasteiger partial charge in [0, 0.05) is 31.2 Å². The van der Waals surface area contributed by atoms with Gasteiger partial charge in [0.15, 0.2) is 0 Å². The Balaban J connectivity index is 2.18. The third kappa shape index (κ3) is 3.21. The van der Waals surface area contributed by atoms with Gasteiger partial charge in [-0.25, -0.2) is 0 Å². The zero-order valence-corrected chi connectivity index (χ0v) is 12.9. The molecule has 0 aliphatic carbocycles. The summed E-state index contributed by atoms with van der Waals surface area (Å²) in [5.74, 6) is 0.183. The van der Waals surface area contributed by atoms with E-state index in [1.807, 2.05) is 11.0 Å². The normalized spacial score (nSPS) is 14.9. The van der Waals surface area contributed by atoms with Crippen LogP contribution in [0.2, 0.25) is 0 Å². The lowest BCUT2D eigenvalue weighted by molar-refractivity contribution is 0.0685. The maximum atomic E-state index is 12.8. The molecule has 0 fully saturated rings. The number of carbonyl (C=O) groups excluding carboxylic acids is 1. The number of fused-ring (bicyclic) bond motifs is 1. The van der Waals surface area contributed by atoms with Crippen molar-refractivity contribution in [2.24, 2.45) is 0 Å². The Hall–Kier alpha value is -1.35. The fourth-order valence-corrected chi connectivity index (χ4v) is 2.66. The number of unbranched alkanes of at least 4 members (excludes halogenated alkanes) is 1. The van der Waals surface area contributed by atoms with Gasteiger partial charge in [0.05, 0.1) is 0 Å². The van der Waals surface area contributed by atoms with Crippen molar-refractivity contribution in [2.75, 3.05) is 6.54 Å². The van der Waals surface area contributed by atoms with Crippen molar-refractivity contribution in [3.8, 4) is 0 Å². The number of amides is 1. The van der Waals surface area contributed by atoms with E-state index in [4.69, 9.17) is 0 Å². The molecule has 1 aliphatic heterocycles. The molecule has 0 saturated heterocycles. The van der Waals surface area contributed by atoms with Gasteiger partial charge in [0.25, 0.3) is 5.91 Å². The van der Waals surface area contributed by atoms with Gasteiger partial charge in [-0.15, -0.1) is 0 Å². The van der Waals surface area contributed by atoms with Crippen LogP contribution in [0.4, 0.5) is 0 Å². The molecule has 1 heterocycles. The summed E-state index contributed by atoms with van der Waals surface area (Å²) < 4.78 is 0. The maximum Gasteiger partial charge on any atom is 0.254 e. The molecule has 110 valence electrons. The molecule has 0 bridgehead atoms. The molecule has 0 aromatic heterocycles. The zero-order chi connectivity index (χ0) is 14.5. The quantitative estimate of drug-likeness (QED) is 0.863. The van der Waals surface area contributed by atoms with Crippen molar-refractivity contribution >= 4 is 5.91 Å². The molecule has 1 aromatic rings. The summed E-state index contributed by atoms with van der Waals surface area (Å²) in [5, 5.41) is 3.33. The highest BCUT2D eigenvalue weighted by Crippen LogP contribution is 2.19. The number of benzene rings is 1. The fraction of sp³-hybridized carbons (Fsp3) is 0.588. The second-order valence-electron chi connectivity index (χ2n) is 5.70. The minimum atomic E-state index is 0.183. The standard InChI is InChI=1S/C17H26N2O/c1-4-6-9-19(13(3)5-2)17(20)14-7-8-15-11-18-12-16(15)10-14/h7-8,10,13,18H,4-6,9,11-12H2,1-3H3. The molecule has 3 nitrogen and oxygen atoms in total. The van der Waals surface area contributed by atoms with Crippen LogP contribution in [0.3, 0.4) is 0 Å². The molecule has 1 aliphatic rings. The van der Waals surface area contributed by atoms with E-state index in [0.29, 0.717) is 6.04 Å². The molecule has 2 rings (SSSR count). The van der Waals surface area contributed by atoms with Crippen molar-refractivity contribution in [1.82, 2.24) is 10.2 Å². The zero-order valence-electron chi connectivity index (χ0n) is 12.9. The smallest absolute Gasteiger partial charge is 0.254 e. The largest absolute Gasteiger partial charge is 0.336 e. The predicted octanol–water partition coefficient (Wildman–Crippen LogP) is 3.33. The van der Waals surface area contributed by atoms with E-state index in [1.165, 1.54) is 11.1 Å². The fourth-order valence-electron chi connectivity index (χ4n) is 2.66. The molecule has 1 atom stereocenters. The van der Waals surface area contributed by atoms with Crippen LogP contribution in [-0.4, -0.2) is 23.4 Å². The first-order chi connectivity index (χ1) is 9.67. The average molecular weight is 274 g/mol. The highest BCUT2D eigenvalue weighted by Gasteiger charge is 2.21. The van der Waals surface area contributed by atoms with Crippen molar-refractivity contribution < 1.29 is 4.79 Å². The van der Waals surface area contributed by atoms with Gasteiger partial charge in [0.2, 0.25) is 0 Å². The third-order valence-corrected chi connectivity index (χ3v) is 4.22. The Kier molecular flexibility index (Phi) is 5.18. The van der Waals surface area contributed by atoms with E-state index < -0.39 is 0 Å². The molecular formula is C17H26N2O. The summed E-state index contributed by atoms with van der Waals surface area (Å²) >= 11 is 0. The summed E-state index contributed by atoms with van der Waals surface area (Å²) in [4.78, 5) is 14.8. The van der Waals surface area contributed by atoms with Crippen LogP contribution in [0, 0.1) is 0 Å². The highest BCUT2D eigenvalue weighted by atomic mass is 16.2. The number of hydrogen-bond acceptors (Lipinski definition) is 2. The number of carbonyl (C=O) groups is 1. The lowest BCUT2D eigenvalue weighted by Crippen LogP contribution is -2.39. The Morgan fingerprint density at radius 3 is 2.75 bits per heavy atom. The number of nitrogens with one attached hydrogen (secondary N) is 1. The Labute approximate surface area is 122 Å². The molecule has 1 N–H and O–H groups in total. The van der Waals surface area contributed by atoms with E-state index in [1.54, 1.807) is 0 Å². The molecule has 20 heavy (non-hydrogen) atoms. The molecule has 0 saturated carbocycles. The van der Waals surface area contributed by atoms with Gasteiger partial charge in [-0.2, -0.15) is 0 Å². The van der Waals surface area contributed by atoms with E-state index >= 15 is 0 Å². The van der Waals surface area contributed by atoms with Crippen LogP contribution in [0.25, 0.3) is 0 Å². The first-order valence-electron chi connectivity index (χ1n) is 7.80. The lowest BCUT2D eigenvalue weighted by Gasteiger charge is -2.29. The average Bonchev–Trinajstić information content (AvgIpc) is 2.94. The molecule has 1 amide bonds. The van der Waals surface area contributed by atoms with Gasteiger partial charge in [-0.3, -0.25) is 4.79 Å². The first kappa shape index (κ1) is 15.0. The van der Waals surface area contributed by atoms with Gasteiger partial charge < -0.3 is 10.2 Å². The van der Waals surface area contributed by atoms with Crippen LogP contribution >= 0.6 is 0 Å². The Bertz CT molecular complexity index is 470. The van der Waals surface area contributed by atoms with E-state index in [9.17, 15) is 4.79 Å². The molecular weight excluding hydrogens is 248 g/mol. The number of nitrogens with zero attached hydrogens (tertiary/aromatic N) is 1. The van der Waals surface area contributed by atoms with Crippen molar-refractivity contribution in [3.63, 3.8) is 0 Å². The summed E-state index contributed by atoms with van der Waals surface area (Å²) in [6.45, 7) is 9.12. The topological polar surface area (TPSA) is 32.3 Å². The summed E-state index contributed by atoms with van der Waals surface area (Å²) in [5.41, 5.74) is 3.43. The molecule has 1 aromatic carbocycles. The van der Waals surface area contributed by atoms with Crippen LogP contribution in [0.5, 0.6) is 0 Å². The van der Waals surface area contributed by atoms with Gasteiger partial charge in [-0.05, 0) is 43.0 Å². The van der Waals surface area contributed by atoms with E-state index in [2.05, 4.69) is 38.2 Å². The Morgan fingerprint density at radius 2 is 2.05 bits per heavy atom. The predicted molar refractivity (Wildman–Crippen MR) is 82.7 cm³/mol. The third-order valence-electron chi connectivity index (χ3n) is 4.22. The van der Waals surface area contributed by atoms with Crippen molar-refractivity contribution in [3.05, 3.63) is 34.9 Å². The van der Waals surface area contributed by atoms with Crippen LogP contribution in [0.15, 0.2) is 18.2 Å². The maximum absolute atomic E-state index is 12.8. The minimum Gasteiger partial charge on any atom is -0.336 e. The summed E-state index contributed by atoms with van der Waals surface area (Å²) in [6, 6.07) is 6.45. The van der Waals surface area contributed by atoms with E-state index in [0.717, 1.165) is 44.5 Å². The van der Waals surface area contributed by atoms with Crippen LogP contribution in [0.1, 0.15) is 61.5 Å². The summed E-state index contributed by atoms with van der Waals surface area (Å²) in [7, 11) is 0. The highest BCUT2D eigenvalue weighted by molar-refractivity contribution is 5.94. The lowest BCUT2D eigenvalue weighted by atomic mass is 10.0. The van der Waals surface area contributed by atoms with E-state index in [-0.39, 0.29) is 5.91 Å². The number of hydrogen-bond donors (Lipinski definition) is 1. The molecule has 3 heteroatoms. The van der Waals surface area contributed by atoms with Crippen molar-refractivity contribution in [2.45, 2.75) is 59.2 Å². The van der Waals surface area contributed by atoms with Gasteiger partial charge in [0.1, 0.15) is 0 Å². The molecule has 0 spiro atoms. The first-order valence-corrected chi connectivity index (χ1v) is 7.80. The Morgan fingerprint density at radius 1 is 1.30 bits per heavy atom. The minimum absolute atomic E-state index is 0.183. The SMILES string of the molecule is CCCCN(C(=O)c1ccc2c(c1)CNC2)C(C)CC. The van der Waals surface area contributed by atoms with Gasteiger partial charge in [-0.1, -0.05) is 26.3 Å². The monoisotopic (exact) mass is 274 g/mol. The van der Waals surface area contributed by atoms with Crippen molar-refractivity contribution in [1.29, 1.82) is 0 Å². The molecule has 1 unspecified atom stereocenters. The number of rotatable bonds is 6. The summed E-state index contributed by atoms with van der Waals surface area (Å²) in [6.07, 6.45) is 3.19.